The monoisotopic (exact) mass is 386 g/mol. The van der Waals surface area contributed by atoms with Gasteiger partial charge in [-0.1, -0.05) is 0 Å². The highest BCUT2D eigenvalue weighted by Crippen LogP contribution is 2.35. The Labute approximate surface area is 168 Å². The van der Waals surface area contributed by atoms with Gasteiger partial charge in [-0.05, 0) is 49.7 Å². The molecule has 7 heteroatoms. The summed E-state index contributed by atoms with van der Waals surface area (Å²) in [6.45, 7) is 3.19. The number of phenols is 1. The van der Waals surface area contributed by atoms with Gasteiger partial charge in [0, 0.05) is 48.9 Å². The summed E-state index contributed by atoms with van der Waals surface area (Å²) in [6.07, 6.45) is 4.37. The van der Waals surface area contributed by atoms with Gasteiger partial charge in [0.15, 0.2) is 0 Å². The lowest BCUT2D eigenvalue weighted by Crippen LogP contribution is -2.58. The Bertz CT molecular complexity index is 1260. The van der Waals surface area contributed by atoms with Crippen LogP contribution < -0.4 is 10.2 Å². The second kappa shape index (κ2) is 5.90. The zero-order valence-electron chi connectivity index (χ0n) is 16.3. The second-order valence-electron chi connectivity index (χ2n) is 8.26. The molecule has 2 aliphatic rings. The van der Waals surface area contributed by atoms with E-state index in [-0.39, 0.29) is 5.75 Å². The van der Waals surface area contributed by atoms with Gasteiger partial charge in [0.05, 0.1) is 22.2 Å². The highest BCUT2D eigenvalue weighted by molar-refractivity contribution is 5.88. The predicted molar refractivity (Wildman–Crippen MR) is 113 cm³/mol. The number of rotatable bonds is 2. The van der Waals surface area contributed by atoms with Crippen LogP contribution in [0, 0.1) is 0 Å². The van der Waals surface area contributed by atoms with E-state index in [0.29, 0.717) is 11.1 Å². The third kappa shape index (κ3) is 2.65. The summed E-state index contributed by atoms with van der Waals surface area (Å²) in [6, 6.07) is 11.6. The number of benzene rings is 1. The van der Waals surface area contributed by atoms with Crippen LogP contribution >= 0.6 is 0 Å². The smallest absolute Gasteiger partial charge is 0.129 e. The number of nitrogens with one attached hydrogen (secondary N) is 1. The number of anilines is 1. The Balaban J connectivity index is 1.36. The molecule has 4 aromatic rings. The van der Waals surface area contributed by atoms with Crippen molar-refractivity contribution in [3.8, 4) is 17.0 Å². The Morgan fingerprint density at radius 3 is 2.66 bits per heavy atom. The first-order chi connectivity index (χ1) is 14.1. The quantitative estimate of drug-likeness (QED) is 0.552. The van der Waals surface area contributed by atoms with Crippen molar-refractivity contribution >= 4 is 27.8 Å². The van der Waals surface area contributed by atoms with Gasteiger partial charge in [0.25, 0.3) is 0 Å². The molecular weight excluding hydrogens is 364 g/mol. The summed E-state index contributed by atoms with van der Waals surface area (Å²) in [5.41, 5.74) is 4.21. The number of hydrogen-bond acceptors (Lipinski definition) is 6. The number of hydrogen-bond donors (Lipinski definition) is 2. The highest BCUT2D eigenvalue weighted by Gasteiger charge is 2.42. The van der Waals surface area contributed by atoms with Gasteiger partial charge >= 0.3 is 0 Å². The fourth-order valence-corrected chi connectivity index (χ4v) is 4.61. The van der Waals surface area contributed by atoms with Crippen LogP contribution in [-0.2, 0) is 7.05 Å². The number of phenolic OH excluding ortho intramolecular Hbond substituents is 1. The fraction of sp³-hybridized carbons (Fsp3) is 0.318. The van der Waals surface area contributed by atoms with Crippen LogP contribution in [0.2, 0.25) is 0 Å². The van der Waals surface area contributed by atoms with Crippen molar-refractivity contribution in [2.75, 3.05) is 24.5 Å². The topological polar surface area (TPSA) is 79.1 Å². The van der Waals surface area contributed by atoms with Crippen molar-refractivity contribution in [1.82, 2.24) is 25.1 Å². The Morgan fingerprint density at radius 1 is 1.03 bits per heavy atom. The highest BCUT2D eigenvalue weighted by atomic mass is 16.3. The van der Waals surface area contributed by atoms with Crippen LogP contribution in [0.4, 0.5) is 5.82 Å². The van der Waals surface area contributed by atoms with E-state index in [2.05, 4.69) is 21.4 Å². The second-order valence-corrected chi connectivity index (χ2v) is 8.26. The summed E-state index contributed by atoms with van der Waals surface area (Å²) >= 11 is 0. The molecule has 0 amide bonds. The van der Waals surface area contributed by atoms with Crippen molar-refractivity contribution < 1.29 is 5.11 Å². The molecular formula is C22H22N6O. The number of nitrogens with zero attached hydrogens (tertiary/aromatic N) is 5. The van der Waals surface area contributed by atoms with Crippen LogP contribution in [0.15, 0.2) is 42.6 Å². The molecule has 3 aromatic heterocycles. The summed E-state index contributed by atoms with van der Waals surface area (Å²) in [5, 5.41) is 19.4. The van der Waals surface area contributed by atoms with Crippen LogP contribution in [0.3, 0.4) is 0 Å². The lowest BCUT2D eigenvalue weighted by Gasteiger charge is -2.39. The van der Waals surface area contributed by atoms with Crippen LogP contribution in [0.1, 0.15) is 12.8 Å². The molecule has 0 aliphatic carbocycles. The van der Waals surface area contributed by atoms with Gasteiger partial charge in [-0.15, -0.1) is 0 Å². The average Bonchev–Trinajstić information content (AvgIpc) is 3.29. The first-order valence-corrected chi connectivity index (χ1v) is 10.0. The molecule has 1 aromatic carbocycles. The zero-order chi connectivity index (χ0) is 19.6. The normalized spacial score (nSPS) is 21.3. The van der Waals surface area contributed by atoms with Crippen LogP contribution in [0.25, 0.3) is 33.2 Å². The summed E-state index contributed by atoms with van der Waals surface area (Å²) in [5.74, 6) is 1.19. The molecule has 1 unspecified atom stereocenters. The predicted octanol–water partition coefficient (Wildman–Crippen LogP) is 2.83. The van der Waals surface area contributed by atoms with E-state index in [9.17, 15) is 5.11 Å². The van der Waals surface area contributed by atoms with E-state index in [1.165, 1.54) is 12.8 Å². The van der Waals surface area contributed by atoms with Gasteiger partial charge in [-0.2, -0.15) is 5.10 Å². The standard InChI is InChI=1S/C22H22N6O/c1-27-12-14-10-15(20(29)11-19(14)26-27)16-2-3-18-17(24-16)4-5-21(25-18)28-9-7-22(13-28)6-8-23-22/h2-5,10-12,23,29H,6-9,13H2,1H3. The minimum Gasteiger partial charge on any atom is -0.507 e. The lowest BCUT2D eigenvalue weighted by molar-refractivity contribution is 0.235. The molecule has 0 saturated carbocycles. The Morgan fingerprint density at radius 2 is 1.86 bits per heavy atom. The van der Waals surface area contributed by atoms with Crippen molar-refractivity contribution in [3.05, 3.63) is 42.6 Å². The molecule has 2 saturated heterocycles. The average molecular weight is 386 g/mol. The van der Waals surface area contributed by atoms with E-state index in [4.69, 9.17) is 9.97 Å². The SMILES string of the molecule is Cn1cc2cc(-c3ccc4nc(N5CCC6(CCN6)C5)ccc4n3)c(O)cc2n1. The molecule has 0 bridgehead atoms. The molecule has 7 nitrogen and oxygen atoms in total. The van der Waals surface area contributed by atoms with Crippen LogP contribution in [-0.4, -0.2) is 50.0 Å². The van der Waals surface area contributed by atoms with E-state index in [1.54, 1.807) is 10.7 Å². The van der Waals surface area contributed by atoms with Gasteiger partial charge in [-0.25, -0.2) is 9.97 Å². The molecule has 2 aliphatic heterocycles. The van der Waals surface area contributed by atoms with Crippen molar-refractivity contribution in [1.29, 1.82) is 0 Å². The number of aromatic hydroxyl groups is 1. The molecule has 2 fully saturated rings. The molecule has 146 valence electrons. The maximum absolute atomic E-state index is 10.5. The summed E-state index contributed by atoms with van der Waals surface area (Å²) in [4.78, 5) is 12.0. The van der Waals surface area contributed by atoms with E-state index in [0.717, 1.165) is 53.1 Å². The molecule has 5 heterocycles. The van der Waals surface area contributed by atoms with Crippen molar-refractivity contribution in [3.63, 3.8) is 0 Å². The van der Waals surface area contributed by atoms with Gasteiger partial charge < -0.3 is 15.3 Å². The molecule has 1 spiro atoms. The Hall–Kier alpha value is -3.19. The van der Waals surface area contributed by atoms with Gasteiger partial charge in [0.2, 0.25) is 0 Å². The maximum atomic E-state index is 10.5. The number of fused-ring (bicyclic) bond motifs is 2. The van der Waals surface area contributed by atoms with Gasteiger partial charge in [0.1, 0.15) is 11.6 Å². The largest absolute Gasteiger partial charge is 0.507 e. The van der Waals surface area contributed by atoms with Crippen molar-refractivity contribution in [2.24, 2.45) is 7.05 Å². The zero-order valence-corrected chi connectivity index (χ0v) is 16.3. The van der Waals surface area contributed by atoms with Gasteiger partial charge in [-0.3, -0.25) is 4.68 Å². The van der Waals surface area contributed by atoms with E-state index in [1.807, 2.05) is 37.5 Å². The van der Waals surface area contributed by atoms with E-state index >= 15 is 0 Å². The third-order valence-electron chi connectivity index (χ3n) is 6.32. The molecule has 2 N–H and O–H groups in total. The summed E-state index contributed by atoms with van der Waals surface area (Å²) < 4.78 is 1.74. The maximum Gasteiger partial charge on any atom is 0.129 e. The lowest BCUT2D eigenvalue weighted by atomic mass is 9.87. The number of pyridine rings is 2. The first-order valence-electron chi connectivity index (χ1n) is 10.0. The third-order valence-corrected chi connectivity index (χ3v) is 6.32. The Kier molecular flexibility index (Phi) is 3.41. The number of aromatic nitrogens is 4. The molecule has 29 heavy (non-hydrogen) atoms. The molecule has 6 rings (SSSR count). The number of aryl methyl sites for hydroxylation is 1. The van der Waals surface area contributed by atoms with Crippen LogP contribution in [0.5, 0.6) is 5.75 Å². The minimum absolute atomic E-state index is 0.183. The first kappa shape index (κ1) is 16.7. The minimum atomic E-state index is 0.183. The van der Waals surface area contributed by atoms with Crippen molar-refractivity contribution in [2.45, 2.75) is 18.4 Å². The fourth-order valence-electron chi connectivity index (χ4n) is 4.61. The summed E-state index contributed by atoms with van der Waals surface area (Å²) in [7, 11) is 1.87. The molecule has 0 radical (unpaired) electrons. The molecule has 1 atom stereocenters. The van der Waals surface area contributed by atoms with E-state index < -0.39 is 0 Å².